The van der Waals surface area contributed by atoms with Gasteiger partial charge in [-0.05, 0) is 38.0 Å². The largest absolute Gasteiger partial charge is 0.409 e. The predicted octanol–water partition coefficient (Wildman–Crippen LogP) is 2.62. The van der Waals surface area contributed by atoms with Crippen LogP contribution in [-0.4, -0.2) is 23.0 Å². The molecule has 1 rings (SSSR count). The lowest BCUT2D eigenvalue weighted by Crippen LogP contribution is -2.44. The Morgan fingerprint density at radius 2 is 1.95 bits per heavy atom. The lowest BCUT2D eigenvalue weighted by molar-refractivity contribution is -0.124. The van der Waals surface area contributed by atoms with Gasteiger partial charge in [0.15, 0.2) is 5.84 Å². The van der Waals surface area contributed by atoms with Gasteiger partial charge in [0.1, 0.15) is 0 Å². The number of nitrogens with two attached hydrogens (primary N) is 1. The third-order valence-electron chi connectivity index (χ3n) is 4.26. The van der Waals surface area contributed by atoms with Crippen molar-refractivity contribution in [3.8, 4) is 0 Å². The van der Waals surface area contributed by atoms with Gasteiger partial charge in [-0.1, -0.05) is 38.3 Å². The van der Waals surface area contributed by atoms with Crippen LogP contribution in [0.2, 0.25) is 0 Å². The van der Waals surface area contributed by atoms with Crippen molar-refractivity contribution in [1.82, 2.24) is 5.32 Å². The van der Waals surface area contributed by atoms with Gasteiger partial charge in [-0.2, -0.15) is 0 Å². The van der Waals surface area contributed by atoms with Crippen molar-refractivity contribution in [2.24, 2.45) is 22.7 Å². The van der Waals surface area contributed by atoms with Gasteiger partial charge in [-0.25, -0.2) is 0 Å². The number of carbonyl (C=O) groups is 1. The van der Waals surface area contributed by atoms with Crippen LogP contribution < -0.4 is 11.1 Å². The highest BCUT2D eigenvalue weighted by molar-refractivity contribution is 6.02. The van der Waals surface area contributed by atoms with Crippen LogP contribution in [0, 0.1) is 11.8 Å². The first-order valence-corrected chi connectivity index (χ1v) is 7.90. The third kappa shape index (κ3) is 5.02. The van der Waals surface area contributed by atoms with Gasteiger partial charge in [-0.3, -0.25) is 4.79 Å². The van der Waals surface area contributed by atoms with Crippen molar-refractivity contribution in [1.29, 1.82) is 0 Å². The van der Waals surface area contributed by atoms with Gasteiger partial charge in [0, 0.05) is 6.04 Å². The number of nitrogens with one attached hydrogen (secondary N) is 1. The van der Waals surface area contributed by atoms with Gasteiger partial charge in [0.25, 0.3) is 0 Å². The fourth-order valence-electron chi connectivity index (χ4n) is 3.08. The standard InChI is InChI=1S/C15H29N3O2/c1-3-5-11-7-9-12(10-8-11)17-15(19)13(6-4-2)14(16)18-20/h11-13,20H,3-10H2,1-2H3,(H2,16,18)(H,17,19). The van der Waals surface area contributed by atoms with E-state index in [9.17, 15) is 4.79 Å². The minimum absolute atomic E-state index is 0.0176. The molecule has 5 heteroatoms. The first-order chi connectivity index (χ1) is 9.62. The van der Waals surface area contributed by atoms with Gasteiger partial charge in [0.2, 0.25) is 5.91 Å². The summed E-state index contributed by atoms with van der Waals surface area (Å²) in [5.74, 6) is 0.243. The van der Waals surface area contributed by atoms with Crippen molar-refractivity contribution in [3.05, 3.63) is 0 Å². The SMILES string of the molecule is CCCC1CCC(NC(=O)C(CCC)C(N)=NO)CC1. The minimum Gasteiger partial charge on any atom is -0.409 e. The first-order valence-electron chi connectivity index (χ1n) is 7.90. The van der Waals surface area contributed by atoms with Crippen LogP contribution in [0.5, 0.6) is 0 Å². The molecule has 1 amide bonds. The number of oxime groups is 1. The van der Waals surface area contributed by atoms with Crippen LogP contribution in [0.1, 0.15) is 65.2 Å². The number of hydrogen-bond acceptors (Lipinski definition) is 3. The quantitative estimate of drug-likeness (QED) is 0.290. The molecular formula is C15H29N3O2. The summed E-state index contributed by atoms with van der Waals surface area (Å²) in [5.41, 5.74) is 5.61. The molecule has 1 aliphatic carbocycles. The van der Waals surface area contributed by atoms with Crippen LogP contribution in [0.25, 0.3) is 0 Å². The summed E-state index contributed by atoms with van der Waals surface area (Å²) in [6, 6.07) is 0.251. The van der Waals surface area contributed by atoms with Crippen molar-refractivity contribution in [2.45, 2.75) is 71.3 Å². The van der Waals surface area contributed by atoms with Crippen molar-refractivity contribution in [3.63, 3.8) is 0 Å². The molecule has 0 spiro atoms. The Morgan fingerprint density at radius 3 is 2.45 bits per heavy atom. The maximum absolute atomic E-state index is 12.2. The zero-order valence-electron chi connectivity index (χ0n) is 12.8. The molecule has 0 aromatic rings. The highest BCUT2D eigenvalue weighted by atomic mass is 16.4. The van der Waals surface area contributed by atoms with Gasteiger partial charge < -0.3 is 16.3 Å². The van der Waals surface area contributed by atoms with E-state index in [1.165, 1.54) is 25.7 Å². The van der Waals surface area contributed by atoms with E-state index in [0.717, 1.165) is 25.2 Å². The molecule has 1 aliphatic rings. The molecule has 0 saturated heterocycles. The van der Waals surface area contributed by atoms with Crippen molar-refractivity contribution in [2.75, 3.05) is 0 Å². The number of carbonyl (C=O) groups excluding carboxylic acids is 1. The summed E-state index contributed by atoms with van der Waals surface area (Å²) >= 11 is 0. The molecule has 0 aliphatic heterocycles. The topological polar surface area (TPSA) is 87.7 Å². The second-order valence-corrected chi connectivity index (χ2v) is 5.88. The van der Waals surface area contributed by atoms with E-state index < -0.39 is 5.92 Å². The molecule has 1 saturated carbocycles. The molecule has 0 bridgehead atoms. The smallest absolute Gasteiger partial charge is 0.231 e. The van der Waals surface area contributed by atoms with Crippen molar-refractivity contribution >= 4 is 11.7 Å². The van der Waals surface area contributed by atoms with Crippen LogP contribution in [0.3, 0.4) is 0 Å². The summed E-state index contributed by atoms with van der Waals surface area (Å²) in [6.45, 7) is 4.21. The highest BCUT2D eigenvalue weighted by Gasteiger charge is 2.27. The van der Waals surface area contributed by atoms with E-state index in [2.05, 4.69) is 17.4 Å². The number of hydrogen-bond donors (Lipinski definition) is 3. The lowest BCUT2D eigenvalue weighted by Gasteiger charge is -2.30. The van der Waals surface area contributed by atoms with Crippen LogP contribution in [0.15, 0.2) is 5.16 Å². The van der Waals surface area contributed by atoms with E-state index in [0.29, 0.717) is 6.42 Å². The minimum atomic E-state index is -0.502. The molecule has 1 fully saturated rings. The van der Waals surface area contributed by atoms with E-state index in [1.54, 1.807) is 0 Å². The molecule has 0 radical (unpaired) electrons. The van der Waals surface area contributed by atoms with Crippen LogP contribution in [0.4, 0.5) is 0 Å². The van der Waals surface area contributed by atoms with Crippen LogP contribution >= 0.6 is 0 Å². The predicted molar refractivity (Wildman–Crippen MR) is 80.6 cm³/mol. The second kappa shape index (κ2) is 8.82. The molecule has 4 N–H and O–H groups in total. The van der Waals surface area contributed by atoms with E-state index in [4.69, 9.17) is 10.9 Å². The molecular weight excluding hydrogens is 254 g/mol. The zero-order valence-corrected chi connectivity index (χ0v) is 12.8. The van der Waals surface area contributed by atoms with Crippen molar-refractivity contribution < 1.29 is 10.0 Å². The molecule has 5 nitrogen and oxygen atoms in total. The molecule has 1 atom stereocenters. The van der Waals surface area contributed by atoms with Crippen LogP contribution in [-0.2, 0) is 4.79 Å². The monoisotopic (exact) mass is 283 g/mol. The fraction of sp³-hybridized carbons (Fsp3) is 0.867. The molecule has 1 unspecified atom stereocenters. The Kier molecular flexibility index (Phi) is 7.41. The van der Waals surface area contributed by atoms with E-state index in [1.807, 2.05) is 6.92 Å². The average Bonchev–Trinajstić information content (AvgIpc) is 2.46. The Hall–Kier alpha value is -1.26. The molecule has 0 aromatic carbocycles. The van der Waals surface area contributed by atoms with Gasteiger partial charge >= 0.3 is 0 Å². The molecule has 0 aromatic heterocycles. The maximum atomic E-state index is 12.2. The summed E-state index contributed by atoms with van der Waals surface area (Å²) in [5, 5.41) is 14.8. The fourth-order valence-corrected chi connectivity index (χ4v) is 3.08. The molecule has 0 heterocycles. The zero-order chi connectivity index (χ0) is 15.0. The number of rotatable bonds is 7. The Labute approximate surface area is 122 Å². The molecule has 20 heavy (non-hydrogen) atoms. The number of nitrogens with zero attached hydrogens (tertiary/aromatic N) is 1. The third-order valence-corrected chi connectivity index (χ3v) is 4.26. The average molecular weight is 283 g/mol. The summed E-state index contributed by atoms with van der Waals surface area (Å²) in [6.07, 6.45) is 8.47. The maximum Gasteiger partial charge on any atom is 0.231 e. The first kappa shape index (κ1) is 16.8. The van der Waals surface area contributed by atoms with Gasteiger partial charge in [0.05, 0.1) is 5.92 Å². The van der Waals surface area contributed by atoms with E-state index in [-0.39, 0.29) is 17.8 Å². The Morgan fingerprint density at radius 1 is 1.30 bits per heavy atom. The van der Waals surface area contributed by atoms with Gasteiger partial charge in [-0.15, -0.1) is 0 Å². The normalized spacial score (nSPS) is 25.2. The molecule has 116 valence electrons. The Balaban J connectivity index is 2.45. The number of amidine groups is 1. The summed E-state index contributed by atoms with van der Waals surface area (Å²) in [4.78, 5) is 12.2. The number of amides is 1. The lowest BCUT2D eigenvalue weighted by atomic mass is 9.83. The second-order valence-electron chi connectivity index (χ2n) is 5.88. The summed E-state index contributed by atoms with van der Waals surface area (Å²) in [7, 11) is 0. The highest BCUT2D eigenvalue weighted by Crippen LogP contribution is 2.27. The van der Waals surface area contributed by atoms with E-state index >= 15 is 0 Å². The Bertz CT molecular complexity index is 323. The summed E-state index contributed by atoms with van der Waals surface area (Å²) < 4.78 is 0.